The number of nitrogens with zero attached hydrogens (tertiary/aromatic N) is 2. The summed E-state index contributed by atoms with van der Waals surface area (Å²) in [7, 11) is 0. The summed E-state index contributed by atoms with van der Waals surface area (Å²) in [6, 6.07) is 20.4. The first-order valence-electron chi connectivity index (χ1n) is 8.25. The summed E-state index contributed by atoms with van der Waals surface area (Å²) in [5, 5.41) is 3.43. The van der Waals surface area contributed by atoms with Gasteiger partial charge in [0.25, 0.3) is 0 Å². The summed E-state index contributed by atoms with van der Waals surface area (Å²) in [5.41, 5.74) is 2.33. The lowest BCUT2D eigenvalue weighted by molar-refractivity contribution is 0.633. The van der Waals surface area contributed by atoms with Gasteiger partial charge in [-0.05, 0) is 37.1 Å². The third kappa shape index (κ3) is 8.07. The summed E-state index contributed by atoms with van der Waals surface area (Å²) in [5.74, 6) is 0. The fraction of sp³-hybridized carbons (Fsp3) is 0.300. The molecule has 120 valence electrons. The molecule has 0 saturated heterocycles. The summed E-state index contributed by atoms with van der Waals surface area (Å²) < 4.78 is 0. The van der Waals surface area contributed by atoms with E-state index in [1.807, 2.05) is 48.8 Å². The molecule has 0 aromatic heterocycles. The van der Waals surface area contributed by atoms with Gasteiger partial charge in [-0.3, -0.25) is 9.98 Å². The number of hydrogen-bond donors (Lipinski definition) is 1. The van der Waals surface area contributed by atoms with Crippen molar-refractivity contribution >= 4 is 12.4 Å². The first kappa shape index (κ1) is 17.1. The van der Waals surface area contributed by atoms with Crippen LogP contribution in [0.25, 0.3) is 0 Å². The third-order valence-electron chi connectivity index (χ3n) is 3.36. The van der Waals surface area contributed by atoms with Crippen LogP contribution < -0.4 is 5.32 Å². The Hall–Kier alpha value is -2.26. The monoisotopic (exact) mass is 307 g/mol. The molecule has 1 N–H and O–H groups in total. The van der Waals surface area contributed by atoms with Gasteiger partial charge in [-0.1, -0.05) is 60.7 Å². The van der Waals surface area contributed by atoms with Gasteiger partial charge in [0.2, 0.25) is 0 Å². The maximum Gasteiger partial charge on any atom is 0.0401 e. The van der Waals surface area contributed by atoms with Crippen LogP contribution in [0, 0.1) is 0 Å². The Morgan fingerprint density at radius 2 is 1.09 bits per heavy atom. The minimum atomic E-state index is 0.869. The van der Waals surface area contributed by atoms with Crippen LogP contribution in [0.4, 0.5) is 0 Å². The van der Waals surface area contributed by atoms with E-state index in [1.54, 1.807) is 0 Å². The van der Waals surface area contributed by atoms with Gasteiger partial charge in [-0.15, -0.1) is 0 Å². The summed E-state index contributed by atoms with van der Waals surface area (Å²) in [6.45, 7) is 3.76. The van der Waals surface area contributed by atoms with Crippen molar-refractivity contribution in [2.24, 2.45) is 9.98 Å². The highest BCUT2D eigenvalue weighted by Gasteiger charge is 1.89. The lowest BCUT2D eigenvalue weighted by Gasteiger charge is -2.01. The number of aliphatic imine (C=N–C) groups is 2. The quantitative estimate of drug-likeness (QED) is 0.528. The Morgan fingerprint density at radius 3 is 1.52 bits per heavy atom. The molecule has 2 aromatic carbocycles. The van der Waals surface area contributed by atoms with Crippen LogP contribution >= 0.6 is 0 Å². The molecule has 3 nitrogen and oxygen atoms in total. The van der Waals surface area contributed by atoms with Crippen LogP contribution in [-0.2, 0) is 0 Å². The molecule has 0 bridgehead atoms. The van der Waals surface area contributed by atoms with Crippen molar-refractivity contribution in [3.63, 3.8) is 0 Å². The summed E-state index contributed by atoms with van der Waals surface area (Å²) >= 11 is 0. The molecule has 2 aromatic rings. The molecule has 0 aliphatic carbocycles. The van der Waals surface area contributed by atoms with E-state index in [9.17, 15) is 0 Å². The summed E-state index contributed by atoms with van der Waals surface area (Å²) in [4.78, 5) is 8.87. The van der Waals surface area contributed by atoms with E-state index in [2.05, 4.69) is 39.6 Å². The lowest BCUT2D eigenvalue weighted by atomic mass is 10.2. The van der Waals surface area contributed by atoms with Crippen LogP contribution in [0.3, 0.4) is 0 Å². The Bertz CT molecular complexity index is 523. The second kappa shape index (κ2) is 11.3. The average molecular weight is 307 g/mol. The molecule has 0 heterocycles. The van der Waals surface area contributed by atoms with Gasteiger partial charge in [-0.2, -0.15) is 0 Å². The normalized spacial score (nSPS) is 11.5. The topological polar surface area (TPSA) is 36.8 Å². The largest absolute Gasteiger partial charge is 0.317 e. The van der Waals surface area contributed by atoms with Crippen molar-refractivity contribution in [3.8, 4) is 0 Å². The molecule has 3 heteroatoms. The molecule has 23 heavy (non-hydrogen) atoms. The van der Waals surface area contributed by atoms with Crippen molar-refractivity contribution in [2.45, 2.75) is 12.8 Å². The molecule has 0 fully saturated rings. The van der Waals surface area contributed by atoms with E-state index in [4.69, 9.17) is 0 Å². The van der Waals surface area contributed by atoms with E-state index < -0.39 is 0 Å². The van der Waals surface area contributed by atoms with Crippen LogP contribution in [0.1, 0.15) is 24.0 Å². The minimum Gasteiger partial charge on any atom is -0.317 e. The first-order chi connectivity index (χ1) is 11.4. The van der Waals surface area contributed by atoms with Crippen LogP contribution in [0.5, 0.6) is 0 Å². The molecule has 0 saturated carbocycles. The Morgan fingerprint density at radius 1 is 0.652 bits per heavy atom. The molecule has 0 aliphatic rings. The van der Waals surface area contributed by atoms with Gasteiger partial charge >= 0.3 is 0 Å². The molecular formula is C20H25N3. The number of hydrogen-bond acceptors (Lipinski definition) is 3. The highest BCUT2D eigenvalue weighted by Crippen LogP contribution is 1.95. The van der Waals surface area contributed by atoms with Crippen molar-refractivity contribution in [3.05, 3.63) is 71.8 Å². The van der Waals surface area contributed by atoms with Gasteiger partial charge in [0.1, 0.15) is 0 Å². The fourth-order valence-electron chi connectivity index (χ4n) is 2.13. The average Bonchev–Trinajstić information content (AvgIpc) is 2.61. The second-order valence-electron chi connectivity index (χ2n) is 5.35. The van der Waals surface area contributed by atoms with Crippen molar-refractivity contribution in [1.82, 2.24) is 5.32 Å². The zero-order chi connectivity index (χ0) is 16.0. The smallest absolute Gasteiger partial charge is 0.0401 e. The lowest BCUT2D eigenvalue weighted by Crippen LogP contribution is -2.18. The Balaban J connectivity index is 1.44. The van der Waals surface area contributed by atoms with Crippen LogP contribution in [0.2, 0.25) is 0 Å². The van der Waals surface area contributed by atoms with Gasteiger partial charge in [0, 0.05) is 25.5 Å². The molecular weight excluding hydrogens is 282 g/mol. The Kier molecular flexibility index (Phi) is 8.42. The predicted octanol–water partition coefficient (Wildman–Crippen LogP) is 3.59. The van der Waals surface area contributed by atoms with E-state index in [-0.39, 0.29) is 0 Å². The molecule has 2 rings (SSSR count). The molecule has 0 spiro atoms. The van der Waals surface area contributed by atoms with Gasteiger partial charge in [0.15, 0.2) is 0 Å². The van der Waals surface area contributed by atoms with Gasteiger partial charge < -0.3 is 5.32 Å². The third-order valence-corrected chi connectivity index (χ3v) is 3.36. The first-order valence-corrected chi connectivity index (χ1v) is 8.25. The van der Waals surface area contributed by atoms with Crippen molar-refractivity contribution in [1.29, 1.82) is 0 Å². The summed E-state index contributed by atoms with van der Waals surface area (Å²) in [6.07, 6.45) is 6.02. The SMILES string of the molecule is C(=NCCCNCCCN=Cc1ccccc1)c1ccccc1. The van der Waals surface area contributed by atoms with Crippen LogP contribution in [-0.4, -0.2) is 38.6 Å². The van der Waals surface area contributed by atoms with Crippen molar-refractivity contribution < 1.29 is 0 Å². The van der Waals surface area contributed by atoms with Crippen molar-refractivity contribution in [2.75, 3.05) is 26.2 Å². The standard InChI is InChI=1S/C20H25N3/c1-3-9-19(10-4-1)17-22-15-7-13-21-14-8-16-23-18-20-11-5-2-6-12-20/h1-6,9-12,17-18,21H,7-8,13-16H2. The minimum absolute atomic E-state index is 0.869. The second-order valence-corrected chi connectivity index (χ2v) is 5.35. The Labute approximate surface area is 139 Å². The maximum atomic E-state index is 4.43. The molecule has 0 aliphatic heterocycles. The molecule has 0 unspecified atom stereocenters. The zero-order valence-electron chi connectivity index (χ0n) is 13.6. The zero-order valence-corrected chi connectivity index (χ0v) is 13.6. The highest BCUT2D eigenvalue weighted by molar-refractivity contribution is 5.79. The number of nitrogens with one attached hydrogen (secondary N) is 1. The maximum absolute atomic E-state index is 4.43. The fourth-order valence-corrected chi connectivity index (χ4v) is 2.13. The molecule has 0 radical (unpaired) electrons. The number of benzene rings is 2. The highest BCUT2D eigenvalue weighted by atomic mass is 14.9. The molecule has 0 atom stereocenters. The predicted molar refractivity (Wildman–Crippen MR) is 99.9 cm³/mol. The van der Waals surface area contributed by atoms with Crippen LogP contribution in [0.15, 0.2) is 70.6 Å². The van der Waals surface area contributed by atoms with E-state index in [0.717, 1.165) is 50.1 Å². The molecule has 0 amide bonds. The van der Waals surface area contributed by atoms with E-state index in [1.165, 1.54) is 0 Å². The van der Waals surface area contributed by atoms with Gasteiger partial charge in [-0.25, -0.2) is 0 Å². The van der Waals surface area contributed by atoms with Gasteiger partial charge in [0.05, 0.1) is 0 Å². The van der Waals surface area contributed by atoms with E-state index >= 15 is 0 Å². The van der Waals surface area contributed by atoms with E-state index in [0.29, 0.717) is 0 Å². The number of rotatable bonds is 10.